The quantitative estimate of drug-likeness (QED) is 0.369. The number of benzene rings is 1. The third-order valence-corrected chi connectivity index (χ3v) is 8.70. The number of amides is 1. The van der Waals surface area contributed by atoms with Gasteiger partial charge in [0.25, 0.3) is 5.56 Å². The molecule has 0 atom stereocenters. The fourth-order valence-corrected chi connectivity index (χ4v) is 6.44. The number of fused-ring (bicyclic) bond motifs is 3. The Morgan fingerprint density at radius 2 is 2.03 bits per heavy atom. The van der Waals surface area contributed by atoms with E-state index < -0.39 is 0 Å². The van der Waals surface area contributed by atoms with Crippen LogP contribution in [0, 0.1) is 13.8 Å². The molecule has 1 N–H and O–H groups in total. The van der Waals surface area contributed by atoms with E-state index >= 15 is 0 Å². The van der Waals surface area contributed by atoms with Crippen LogP contribution in [0.2, 0.25) is 0 Å². The van der Waals surface area contributed by atoms with Crippen LogP contribution in [0.25, 0.3) is 10.2 Å². The van der Waals surface area contributed by atoms with Crippen molar-refractivity contribution in [3.05, 3.63) is 48.5 Å². The second-order valence-corrected chi connectivity index (χ2v) is 10.4. The van der Waals surface area contributed by atoms with Gasteiger partial charge in [-0.05, 0) is 75.3 Å². The molecule has 30 heavy (non-hydrogen) atoms. The fraction of sp³-hybridized carbons (Fsp3) is 0.409. The maximum atomic E-state index is 13.2. The standard InChI is InChI=1S/C22H24BrN3O2S2/c1-4-26-21(28)19-14-7-5-6-8-17(14)30-20(19)25-22(26)29-11-18(27)24-16-10-9-15(23)12(2)13(16)3/h9-10H,4-8,11H2,1-3H3,(H,24,27). The average molecular weight is 506 g/mol. The Kier molecular flexibility index (Phi) is 6.36. The van der Waals surface area contributed by atoms with E-state index in [0.717, 1.165) is 50.8 Å². The minimum atomic E-state index is -0.104. The molecule has 158 valence electrons. The molecule has 0 bridgehead atoms. The number of thioether (sulfide) groups is 1. The van der Waals surface area contributed by atoms with Gasteiger partial charge in [0.1, 0.15) is 4.83 Å². The molecule has 0 spiro atoms. The molecule has 2 aromatic heterocycles. The van der Waals surface area contributed by atoms with Crippen LogP contribution in [0.1, 0.15) is 41.3 Å². The summed E-state index contributed by atoms with van der Waals surface area (Å²) in [6.07, 6.45) is 4.32. The average Bonchev–Trinajstić information content (AvgIpc) is 3.11. The summed E-state index contributed by atoms with van der Waals surface area (Å²) in [6, 6.07) is 3.84. The van der Waals surface area contributed by atoms with Gasteiger partial charge in [-0.25, -0.2) is 4.98 Å². The Morgan fingerprint density at radius 3 is 2.80 bits per heavy atom. The predicted molar refractivity (Wildman–Crippen MR) is 129 cm³/mol. The van der Waals surface area contributed by atoms with E-state index in [4.69, 9.17) is 4.98 Å². The maximum Gasteiger partial charge on any atom is 0.263 e. The molecular weight excluding hydrogens is 482 g/mol. The lowest BCUT2D eigenvalue weighted by molar-refractivity contribution is -0.113. The fourth-order valence-electron chi connectivity index (χ4n) is 3.85. The van der Waals surface area contributed by atoms with Gasteiger partial charge in [-0.2, -0.15) is 0 Å². The summed E-state index contributed by atoms with van der Waals surface area (Å²) in [5, 5.41) is 4.40. The van der Waals surface area contributed by atoms with Crippen molar-refractivity contribution in [3.63, 3.8) is 0 Å². The highest BCUT2D eigenvalue weighted by Gasteiger charge is 2.22. The maximum absolute atomic E-state index is 13.2. The summed E-state index contributed by atoms with van der Waals surface area (Å²) in [4.78, 5) is 32.7. The number of thiophene rings is 1. The van der Waals surface area contributed by atoms with E-state index in [-0.39, 0.29) is 17.2 Å². The molecule has 1 aliphatic carbocycles. The first-order valence-electron chi connectivity index (χ1n) is 10.1. The van der Waals surface area contributed by atoms with Crippen LogP contribution in [0.15, 0.2) is 26.6 Å². The summed E-state index contributed by atoms with van der Waals surface area (Å²) in [5.74, 6) is 0.102. The van der Waals surface area contributed by atoms with Crippen LogP contribution in [0.4, 0.5) is 5.69 Å². The van der Waals surface area contributed by atoms with E-state index in [9.17, 15) is 9.59 Å². The van der Waals surface area contributed by atoms with Gasteiger partial charge in [0.15, 0.2) is 5.16 Å². The summed E-state index contributed by atoms with van der Waals surface area (Å²) >= 11 is 6.49. The highest BCUT2D eigenvalue weighted by Crippen LogP contribution is 2.34. The zero-order valence-electron chi connectivity index (χ0n) is 17.3. The molecule has 1 aromatic carbocycles. The first-order chi connectivity index (χ1) is 14.4. The molecule has 1 amide bonds. The van der Waals surface area contributed by atoms with Gasteiger partial charge < -0.3 is 5.32 Å². The lowest BCUT2D eigenvalue weighted by atomic mass is 9.97. The van der Waals surface area contributed by atoms with E-state index in [1.807, 2.05) is 32.9 Å². The largest absolute Gasteiger partial charge is 0.325 e. The molecule has 2 heterocycles. The topological polar surface area (TPSA) is 64.0 Å². The molecule has 3 aromatic rings. The second kappa shape index (κ2) is 8.85. The zero-order chi connectivity index (χ0) is 21.4. The third-order valence-electron chi connectivity index (χ3n) is 5.68. The number of aryl methyl sites for hydroxylation is 2. The smallest absolute Gasteiger partial charge is 0.263 e. The highest BCUT2D eigenvalue weighted by molar-refractivity contribution is 9.10. The summed E-state index contributed by atoms with van der Waals surface area (Å²) in [7, 11) is 0. The van der Waals surface area contributed by atoms with E-state index in [0.29, 0.717) is 11.7 Å². The normalized spacial score (nSPS) is 13.5. The van der Waals surface area contributed by atoms with Crippen LogP contribution in [-0.4, -0.2) is 21.2 Å². The minimum Gasteiger partial charge on any atom is -0.325 e. The van der Waals surface area contributed by atoms with Crippen molar-refractivity contribution in [3.8, 4) is 0 Å². The Labute approximate surface area is 192 Å². The molecule has 5 nitrogen and oxygen atoms in total. The van der Waals surface area contributed by atoms with Crippen molar-refractivity contribution in [2.45, 2.75) is 58.2 Å². The summed E-state index contributed by atoms with van der Waals surface area (Å²) in [6.45, 7) is 6.50. The molecule has 4 rings (SSSR count). The van der Waals surface area contributed by atoms with Crippen LogP contribution in [-0.2, 0) is 24.2 Å². The van der Waals surface area contributed by atoms with E-state index in [2.05, 4.69) is 21.2 Å². The number of hydrogen-bond donors (Lipinski definition) is 1. The van der Waals surface area contributed by atoms with Crippen molar-refractivity contribution >= 4 is 60.8 Å². The third kappa shape index (κ3) is 3.97. The van der Waals surface area contributed by atoms with Crippen molar-refractivity contribution in [2.24, 2.45) is 0 Å². The number of halogens is 1. The predicted octanol–water partition coefficient (Wildman–Crippen LogP) is 5.47. The van der Waals surface area contributed by atoms with Gasteiger partial charge in [-0.3, -0.25) is 14.2 Å². The van der Waals surface area contributed by atoms with Crippen molar-refractivity contribution in [1.29, 1.82) is 0 Å². The number of hydrogen-bond acceptors (Lipinski definition) is 5. The molecule has 0 radical (unpaired) electrons. The Bertz CT molecular complexity index is 1200. The van der Waals surface area contributed by atoms with Gasteiger partial charge in [-0.15, -0.1) is 11.3 Å². The molecule has 0 saturated carbocycles. The molecular formula is C22H24BrN3O2S2. The molecule has 8 heteroatoms. The first-order valence-corrected chi connectivity index (χ1v) is 12.7. The lowest BCUT2D eigenvalue weighted by Gasteiger charge is -2.13. The monoisotopic (exact) mass is 505 g/mol. The van der Waals surface area contributed by atoms with Gasteiger partial charge in [-0.1, -0.05) is 27.7 Å². The molecule has 0 fully saturated rings. The number of aromatic nitrogens is 2. The van der Waals surface area contributed by atoms with E-state index in [1.54, 1.807) is 15.9 Å². The Balaban J connectivity index is 1.57. The number of carbonyl (C=O) groups is 1. The van der Waals surface area contributed by atoms with Gasteiger partial charge in [0.2, 0.25) is 5.91 Å². The number of rotatable bonds is 5. The molecule has 0 saturated heterocycles. The van der Waals surface area contributed by atoms with Crippen LogP contribution in [0.5, 0.6) is 0 Å². The Morgan fingerprint density at radius 1 is 1.27 bits per heavy atom. The van der Waals surface area contributed by atoms with Crippen molar-refractivity contribution in [2.75, 3.05) is 11.1 Å². The zero-order valence-corrected chi connectivity index (χ0v) is 20.5. The van der Waals surface area contributed by atoms with Gasteiger partial charge >= 0.3 is 0 Å². The first kappa shape index (κ1) is 21.6. The lowest BCUT2D eigenvalue weighted by Crippen LogP contribution is -2.24. The minimum absolute atomic E-state index is 0.0317. The number of nitrogens with one attached hydrogen (secondary N) is 1. The van der Waals surface area contributed by atoms with Crippen molar-refractivity contribution in [1.82, 2.24) is 9.55 Å². The number of nitrogens with zero attached hydrogens (tertiary/aromatic N) is 2. The number of carbonyl (C=O) groups excluding carboxylic acids is 1. The molecule has 0 unspecified atom stereocenters. The van der Waals surface area contributed by atoms with Gasteiger partial charge in [0.05, 0.1) is 11.1 Å². The summed E-state index contributed by atoms with van der Waals surface area (Å²) < 4.78 is 2.73. The Hall–Kier alpha value is -1.64. The highest BCUT2D eigenvalue weighted by atomic mass is 79.9. The van der Waals surface area contributed by atoms with Crippen LogP contribution >= 0.6 is 39.0 Å². The molecule has 0 aliphatic heterocycles. The van der Waals surface area contributed by atoms with Crippen LogP contribution in [0.3, 0.4) is 0 Å². The van der Waals surface area contributed by atoms with Crippen molar-refractivity contribution < 1.29 is 4.79 Å². The number of anilines is 1. The second-order valence-electron chi connectivity index (χ2n) is 7.52. The summed E-state index contributed by atoms with van der Waals surface area (Å²) in [5.41, 5.74) is 4.19. The SMILES string of the molecule is CCn1c(SCC(=O)Nc2ccc(Br)c(C)c2C)nc2sc3c(c2c1=O)CCCC3. The van der Waals surface area contributed by atoms with Gasteiger partial charge in [0, 0.05) is 21.6 Å². The molecule has 1 aliphatic rings. The van der Waals surface area contributed by atoms with E-state index in [1.165, 1.54) is 28.6 Å². The van der Waals surface area contributed by atoms with Crippen LogP contribution < -0.4 is 10.9 Å².